The molecule has 0 aliphatic rings. The van der Waals surface area contributed by atoms with E-state index in [4.69, 9.17) is 0 Å². The number of hydrogen-bond acceptors (Lipinski definition) is 4. The number of benzene rings is 1. The fraction of sp³-hybridized carbons (Fsp3) is 0.286. The number of carboxylic acid groups (broad SMARTS) is 1. The minimum Gasteiger partial charge on any atom is -0.478 e. The molecule has 1 heterocycles. The number of aromatic carboxylic acids is 1. The highest BCUT2D eigenvalue weighted by atomic mass is 32.2. The van der Waals surface area contributed by atoms with Crippen LogP contribution in [0.4, 0.5) is 5.82 Å². The molecule has 0 radical (unpaired) electrons. The molecule has 5 nitrogen and oxygen atoms in total. The Bertz CT molecular complexity index is 673. The van der Waals surface area contributed by atoms with Gasteiger partial charge in [-0.1, -0.05) is 18.2 Å². The van der Waals surface area contributed by atoms with Crippen molar-refractivity contribution in [3.05, 3.63) is 35.9 Å². The van der Waals surface area contributed by atoms with E-state index in [0.29, 0.717) is 22.5 Å². The Morgan fingerprint density at radius 1 is 1.45 bits per heavy atom. The molecule has 0 amide bonds. The van der Waals surface area contributed by atoms with Crippen molar-refractivity contribution < 1.29 is 14.1 Å². The topological polar surface area (TPSA) is 79.3 Å². The molecule has 2 atom stereocenters. The predicted molar refractivity (Wildman–Crippen MR) is 80.7 cm³/mol. The zero-order chi connectivity index (χ0) is 14.7. The number of nitrogens with one attached hydrogen (secondary N) is 1. The molecular weight excluding hydrogens is 276 g/mol. The van der Waals surface area contributed by atoms with Gasteiger partial charge in [-0.15, -0.1) is 0 Å². The number of carbonyl (C=O) groups is 1. The van der Waals surface area contributed by atoms with Crippen LogP contribution in [0.25, 0.3) is 10.9 Å². The lowest BCUT2D eigenvalue weighted by Gasteiger charge is -2.14. The summed E-state index contributed by atoms with van der Waals surface area (Å²) in [6.07, 6.45) is 1.63. The van der Waals surface area contributed by atoms with Crippen LogP contribution in [0.5, 0.6) is 0 Å². The van der Waals surface area contributed by atoms with E-state index in [1.807, 2.05) is 13.0 Å². The molecule has 0 spiro atoms. The molecule has 0 saturated heterocycles. The first-order valence-electron chi connectivity index (χ1n) is 6.17. The van der Waals surface area contributed by atoms with Crippen molar-refractivity contribution in [1.29, 1.82) is 0 Å². The molecule has 2 aromatic rings. The fourth-order valence-corrected chi connectivity index (χ4v) is 2.86. The summed E-state index contributed by atoms with van der Waals surface area (Å²) in [7, 11) is -0.917. The van der Waals surface area contributed by atoms with Crippen LogP contribution < -0.4 is 5.32 Å². The molecule has 20 heavy (non-hydrogen) atoms. The number of para-hydroxylation sites is 1. The number of nitrogens with zero attached hydrogens (tertiary/aromatic N) is 1. The number of aromatic nitrogens is 1. The standard InChI is InChI=1S/C14H16N2O3S/c1-9(8-20(2)19)15-13-7-11(14(17)18)10-5-3-4-6-12(10)16-13/h3-7,9H,8H2,1-2H3,(H,15,16)(H,17,18). The zero-order valence-corrected chi connectivity index (χ0v) is 12.1. The van der Waals surface area contributed by atoms with Crippen molar-refractivity contribution in [2.45, 2.75) is 13.0 Å². The lowest BCUT2D eigenvalue weighted by molar-refractivity contribution is 0.0699. The van der Waals surface area contributed by atoms with Gasteiger partial charge in [-0.2, -0.15) is 0 Å². The summed E-state index contributed by atoms with van der Waals surface area (Å²) in [5.74, 6) is -0.0193. The van der Waals surface area contributed by atoms with E-state index in [0.717, 1.165) is 0 Å². The molecule has 1 aromatic heterocycles. The van der Waals surface area contributed by atoms with E-state index in [-0.39, 0.29) is 11.6 Å². The summed E-state index contributed by atoms with van der Waals surface area (Å²) in [5, 5.41) is 13.0. The van der Waals surface area contributed by atoms with Crippen LogP contribution in [0.1, 0.15) is 17.3 Å². The average molecular weight is 292 g/mol. The monoisotopic (exact) mass is 292 g/mol. The molecule has 2 unspecified atom stereocenters. The van der Waals surface area contributed by atoms with Gasteiger partial charge in [-0.05, 0) is 19.1 Å². The van der Waals surface area contributed by atoms with Crippen LogP contribution in [0.15, 0.2) is 30.3 Å². The maximum absolute atomic E-state index is 11.3. The second-order valence-corrected chi connectivity index (χ2v) is 6.14. The summed E-state index contributed by atoms with van der Waals surface area (Å²) in [6, 6.07) is 8.58. The minimum atomic E-state index is -0.988. The SMILES string of the molecule is CC(CS(C)=O)Nc1cc(C(=O)O)c2ccccc2n1. The summed E-state index contributed by atoms with van der Waals surface area (Å²) >= 11 is 0. The van der Waals surface area contributed by atoms with E-state index in [9.17, 15) is 14.1 Å². The first-order valence-corrected chi connectivity index (χ1v) is 7.89. The number of carboxylic acids is 1. The second-order valence-electron chi connectivity index (χ2n) is 4.66. The van der Waals surface area contributed by atoms with Gasteiger partial charge in [0.05, 0.1) is 11.1 Å². The maximum atomic E-state index is 11.3. The Balaban J connectivity index is 2.40. The molecule has 0 aliphatic carbocycles. The molecule has 106 valence electrons. The van der Waals surface area contributed by atoms with E-state index in [2.05, 4.69) is 10.3 Å². The minimum absolute atomic E-state index is 0.0452. The van der Waals surface area contributed by atoms with Gasteiger partial charge in [-0.3, -0.25) is 4.21 Å². The Morgan fingerprint density at radius 3 is 2.80 bits per heavy atom. The Hall–Kier alpha value is -1.95. The predicted octanol–water partition coefficient (Wildman–Crippen LogP) is 2.11. The highest BCUT2D eigenvalue weighted by molar-refractivity contribution is 7.84. The Kier molecular flexibility index (Phi) is 4.34. The van der Waals surface area contributed by atoms with Gasteiger partial charge in [-0.25, -0.2) is 9.78 Å². The first-order chi connectivity index (χ1) is 9.47. The van der Waals surface area contributed by atoms with Gasteiger partial charge in [0.2, 0.25) is 0 Å². The summed E-state index contributed by atoms with van der Waals surface area (Å²) in [4.78, 5) is 15.7. The number of anilines is 1. The summed E-state index contributed by atoms with van der Waals surface area (Å²) in [5.41, 5.74) is 0.836. The van der Waals surface area contributed by atoms with Gasteiger partial charge in [0.1, 0.15) is 5.82 Å². The number of rotatable bonds is 5. The zero-order valence-electron chi connectivity index (χ0n) is 11.3. The molecular formula is C14H16N2O3S. The Morgan fingerprint density at radius 2 is 2.15 bits per heavy atom. The molecule has 2 rings (SSSR count). The van der Waals surface area contributed by atoms with Gasteiger partial charge in [0, 0.05) is 34.2 Å². The third-order valence-corrected chi connectivity index (χ3v) is 3.79. The average Bonchev–Trinajstić information content (AvgIpc) is 2.36. The third kappa shape index (κ3) is 3.33. The van der Waals surface area contributed by atoms with Crippen molar-refractivity contribution >= 4 is 33.5 Å². The van der Waals surface area contributed by atoms with Gasteiger partial charge >= 0.3 is 5.97 Å². The Labute approximate surface area is 119 Å². The lowest BCUT2D eigenvalue weighted by Crippen LogP contribution is -2.23. The third-order valence-electron chi connectivity index (χ3n) is 2.83. The van der Waals surface area contributed by atoms with Crippen molar-refractivity contribution in [3.63, 3.8) is 0 Å². The van der Waals surface area contributed by atoms with Crippen LogP contribution in [0, 0.1) is 0 Å². The number of fused-ring (bicyclic) bond motifs is 1. The van der Waals surface area contributed by atoms with Gasteiger partial charge in [0.15, 0.2) is 0 Å². The normalized spacial score (nSPS) is 13.9. The molecule has 6 heteroatoms. The van der Waals surface area contributed by atoms with Crippen LogP contribution in [0.2, 0.25) is 0 Å². The molecule has 0 aliphatic heterocycles. The highest BCUT2D eigenvalue weighted by Gasteiger charge is 2.13. The van der Waals surface area contributed by atoms with Crippen molar-refractivity contribution in [1.82, 2.24) is 4.98 Å². The van der Waals surface area contributed by atoms with Crippen molar-refractivity contribution in [2.75, 3.05) is 17.3 Å². The van der Waals surface area contributed by atoms with Crippen LogP contribution in [-0.2, 0) is 10.8 Å². The molecule has 0 bridgehead atoms. The number of hydrogen-bond donors (Lipinski definition) is 2. The maximum Gasteiger partial charge on any atom is 0.336 e. The van der Waals surface area contributed by atoms with E-state index < -0.39 is 16.8 Å². The quantitative estimate of drug-likeness (QED) is 0.882. The van der Waals surface area contributed by atoms with Crippen LogP contribution in [0.3, 0.4) is 0 Å². The van der Waals surface area contributed by atoms with Gasteiger partial charge in [0.25, 0.3) is 0 Å². The number of pyridine rings is 1. The van der Waals surface area contributed by atoms with E-state index in [1.54, 1.807) is 24.5 Å². The molecule has 2 N–H and O–H groups in total. The molecule has 0 fully saturated rings. The highest BCUT2D eigenvalue weighted by Crippen LogP contribution is 2.21. The fourth-order valence-electron chi connectivity index (χ4n) is 2.07. The van der Waals surface area contributed by atoms with E-state index >= 15 is 0 Å². The summed E-state index contributed by atoms with van der Waals surface area (Å²) in [6.45, 7) is 1.89. The van der Waals surface area contributed by atoms with Crippen molar-refractivity contribution in [3.8, 4) is 0 Å². The van der Waals surface area contributed by atoms with Crippen LogP contribution in [-0.4, -0.2) is 38.3 Å². The smallest absolute Gasteiger partial charge is 0.336 e. The van der Waals surface area contributed by atoms with Gasteiger partial charge < -0.3 is 10.4 Å². The first kappa shape index (κ1) is 14.5. The lowest BCUT2D eigenvalue weighted by atomic mass is 10.1. The van der Waals surface area contributed by atoms with Crippen molar-refractivity contribution in [2.24, 2.45) is 0 Å². The molecule has 0 saturated carbocycles. The van der Waals surface area contributed by atoms with E-state index in [1.165, 1.54) is 6.07 Å². The largest absolute Gasteiger partial charge is 0.478 e. The summed E-state index contributed by atoms with van der Waals surface area (Å²) < 4.78 is 11.2. The molecule has 1 aromatic carbocycles. The second kappa shape index (κ2) is 6.00. The van der Waals surface area contributed by atoms with Crippen LogP contribution >= 0.6 is 0 Å².